The van der Waals surface area contributed by atoms with Crippen LogP contribution in [0.3, 0.4) is 0 Å². The molecule has 1 aliphatic carbocycles. The zero-order valence-corrected chi connectivity index (χ0v) is 21.3. The molecule has 0 fully saturated rings. The number of esters is 6. The third-order valence-electron chi connectivity index (χ3n) is 5.59. The van der Waals surface area contributed by atoms with E-state index in [1.807, 2.05) is 0 Å². The molecule has 1 rings (SSSR count). The SMILES string of the molecule is COC(=O)/C1=C(\C(=O)OC)[C@@H](CCOC(C)=O)C/C(C(=O)OC)=C(/C(=O)OC)[C@@H](CCOC(C)=O)C1. The summed E-state index contributed by atoms with van der Waals surface area (Å²) in [5.41, 5.74) is -0.343. The van der Waals surface area contributed by atoms with E-state index in [4.69, 9.17) is 28.4 Å². The van der Waals surface area contributed by atoms with Crippen molar-refractivity contribution in [3.8, 4) is 0 Å². The summed E-state index contributed by atoms with van der Waals surface area (Å²) in [5, 5.41) is 0. The molecule has 0 bridgehead atoms. The number of rotatable bonds is 10. The van der Waals surface area contributed by atoms with Crippen molar-refractivity contribution in [3.05, 3.63) is 22.3 Å². The van der Waals surface area contributed by atoms with Gasteiger partial charge in [0.25, 0.3) is 0 Å². The average Bonchev–Trinajstić information content (AvgIpc) is 2.83. The minimum absolute atomic E-state index is 0.0115. The molecule has 0 unspecified atom stereocenters. The summed E-state index contributed by atoms with van der Waals surface area (Å²) in [7, 11) is 4.51. The second-order valence-electron chi connectivity index (χ2n) is 7.81. The topological polar surface area (TPSA) is 158 Å². The Morgan fingerprint density at radius 2 is 0.889 bits per heavy atom. The first-order valence-corrected chi connectivity index (χ1v) is 11.1. The van der Waals surface area contributed by atoms with Crippen LogP contribution < -0.4 is 0 Å². The Labute approximate surface area is 208 Å². The van der Waals surface area contributed by atoms with Crippen molar-refractivity contribution in [2.24, 2.45) is 11.8 Å². The lowest BCUT2D eigenvalue weighted by Crippen LogP contribution is -2.31. The molecule has 0 saturated carbocycles. The minimum Gasteiger partial charge on any atom is -0.466 e. The molecule has 0 aromatic rings. The van der Waals surface area contributed by atoms with Crippen LogP contribution in [0, 0.1) is 11.8 Å². The molecule has 0 radical (unpaired) electrons. The summed E-state index contributed by atoms with van der Waals surface area (Å²) in [5.74, 6) is -6.33. The zero-order chi connectivity index (χ0) is 27.4. The van der Waals surface area contributed by atoms with Gasteiger partial charge < -0.3 is 28.4 Å². The Hall–Kier alpha value is -3.70. The van der Waals surface area contributed by atoms with Crippen molar-refractivity contribution in [2.75, 3.05) is 41.7 Å². The average molecular weight is 513 g/mol. The van der Waals surface area contributed by atoms with Gasteiger partial charge >= 0.3 is 35.8 Å². The van der Waals surface area contributed by atoms with Gasteiger partial charge in [-0.15, -0.1) is 0 Å². The molecule has 12 nitrogen and oxygen atoms in total. The molecule has 12 heteroatoms. The maximum Gasteiger partial charge on any atom is 0.334 e. The molecule has 0 amide bonds. The summed E-state index contributed by atoms with van der Waals surface area (Å²) >= 11 is 0. The van der Waals surface area contributed by atoms with E-state index < -0.39 is 47.7 Å². The second-order valence-corrected chi connectivity index (χ2v) is 7.81. The maximum absolute atomic E-state index is 12.9. The van der Waals surface area contributed by atoms with Crippen LogP contribution in [0.4, 0.5) is 0 Å². The molecule has 0 N–H and O–H groups in total. The summed E-state index contributed by atoms with van der Waals surface area (Å²) in [6.07, 6.45) is -0.462. The Bertz CT molecular complexity index is 867. The lowest BCUT2D eigenvalue weighted by atomic mass is 9.75. The highest BCUT2D eigenvalue weighted by Gasteiger charge is 2.39. The van der Waals surface area contributed by atoms with Gasteiger partial charge in [-0.25, -0.2) is 19.2 Å². The molecule has 0 aliphatic heterocycles. The molecule has 0 aromatic heterocycles. The fraction of sp³-hybridized carbons (Fsp3) is 0.583. The van der Waals surface area contributed by atoms with Crippen LogP contribution >= 0.6 is 0 Å². The van der Waals surface area contributed by atoms with Crippen LogP contribution in [0.2, 0.25) is 0 Å². The van der Waals surface area contributed by atoms with Crippen molar-refractivity contribution >= 4 is 35.8 Å². The molecule has 2 atom stereocenters. The summed E-state index contributed by atoms with van der Waals surface area (Å²) in [4.78, 5) is 74.1. The monoisotopic (exact) mass is 512 g/mol. The second kappa shape index (κ2) is 14.6. The van der Waals surface area contributed by atoms with Crippen LogP contribution in [0.1, 0.15) is 39.5 Å². The first kappa shape index (κ1) is 30.3. The van der Waals surface area contributed by atoms with Crippen LogP contribution in [0.15, 0.2) is 22.3 Å². The van der Waals surface area contributed by atoms with Crippen molar-refractivity contribution in [1.82, 2.24) is 0 Å². The van der Waals surface area contributed by atoms with Gasteiger partial charge in [-0.05, 0) is 37.5 Å². The van der Waals surface area contributed by atoms with Gasteiger partial charge in [0.15, 0.2) is 0 Å². The van der Waals surface area contributed by atoms with Crippen LogP contribution in [0.25, 0.3) is 0 Å². The largest absolute Gasteiger partial charge is 0.466 e. The van der Waals surface area contributed by atoms with E-state index in [2.05, 4.69) is 0 Å². The third kappa shape index (κ3) is 8.21. The standard InChI is InChI=1S/C24H32O12/c1-13(25)35-9-7-15-11-17(21(27)31-3)20(24(30)34-6)16(8-10-36-14(2)26)12-18(22(28)32-4)19(15)23(29)33-5/h15-16H,7-12H2,1-6H3/b19-18-,20-17-/t15-,16-/m0/s1. The van der Waals surface area contributed by atoms with E-state index in [1.54, 1.807) is 0 Å². The van der Waals surface area contributed by atoms with Crippen molar-refractivity contribution < 1.29 is 57.2 Å². The number of hydrogen-bond acceptors (Lipinski definition) is 12. The van der Waals surface area contributed by atoms with Gasteiger partial charge in [0.05, 0.1) is 52.8 Å². The van der Waals surface area contributed by atoms with Crippen molar-refractivity contribution in [3.63, 3.8) is 0 Å². The molecular formula is C24H32O12. The smallest absolute Gasteiger partial charge is 0.334 e. The number of methoxy groups -OCH3 is 4. The van der Waals surface area contributed by atoms with Gasteiger partial charge in [-0.2, -0.15) is 0 Å². The van der Waals surface area contributed by atoms with Crippen LogP contribution in [0.5, 0.6) is 0 Å². The van der Waals surface area contributed by atoms with Gasteiger partial charge in [0.1, 0.15) is 0 Å². The summed E-state index contributed by atoms with van der Waals surface area (Å²) in [6, 6.07) is 0. The van der Waals surface area contributed by atoms with E-state index in [0.29, 0.717) is 0 Å². The predicted octanol–water partition coefficient (Wildman–Crippen LogP) is 1.20. The Morgan fingerprint density at radius 3 is 1.14 bits per heavy atom. The molecule has 36 heavy (non-hydrogen) atoms. The fourth-order valence-corrected chi connectivity index (χ4v) is 4.02. The predicted molar refractivity (Wildman–Crippen MR) is 121 cm³/mol. The van der Waals surface area contributed by atoms with E-state index in [0.717, 1.165) is 28.4 Å². The normalized spacial score (nSPS) is 21.8. The van der Waals surface area contributed by atoms with E-state index in [-0.39, 0.29) is 61.2 Å². The third-order valence-corrected chi connectivity index (χ3v) is 5.59. The number of hydrogen-bond donors (Lipinski definition) is 0. The zero-order valence-electron chi connectivity index (χ0n) is 21.3. The van der Waals surface area contributed by atoms with Gasteiger partial charge in [-0.3, -0.25) is 9.59 Å². The Kier molecular flexibility index (Phi) is 12.3. The maximum atomic E-state index is 12.9. The molecular weight excluding hydrogens is 480 g/mol. The fourth-order valence-electron chi connectivity index (χ4n) is 4.02. The van der Waals surface area contributed by atoms with Crippen LogP contribution in [-0.2, 0) is 57.2 Å². The quantitative estimate of drug-likeness (QED) is 0.305. The lowest BCUT2D eigenvalue weighted by molar-refractivity contribution is -0.142. The highest BCUT2D eigenvalue weighted by molar-refractivity contribution is 6.04. The van der Waals surface area contributed by atoms with E-state index >= 15 is 0 Å². The minimum atomic E-state index is -0.894. The van der Waals surface area contributed by atoms with Gasteiger partial charge in [0.2, 0.25) is 0 Å². The van der Waals surface area contributed by atoms with E-state index in [1.165, 1.54) is 13.8 Å². The van der Waals surface area contributed by atoms with Crippen molar-refractivity contribution in [2.45, 2.75) is 39.5 Å². The molecule has 0 saturated heterocycles. The van der Waals surface area contributed by atoms with Crippen molar-refractivity contribution in [1.29, 1.82) is 0 Å². The molecule has 0 spiro atoms. The van der Waals surface area contributed by atoms with Gasteiger partial charge in [-0.1, -0.05) is 0 Å². The Morgan fingerprint density at radius 1 is 0.583 bits per heavy atom. The lowest BCUT2D eigenvalue weighted by Gasteiger charge is -2.30. The molecule has 1 aliphatic rings. The Balaban J connectivity index is 3.86. The van der Waals surface area contributed by atoms with Gasteiger partial charge in [0, 0.05) is 25.0 Å². The number of carbonyl (C=O) groups is 6. The highest BCUT2D eigenvalue weighted by atomic mass is 16.5. The molecule has 200 valence electrons. The first-order chi connectivity index (χ1) is 17.0. The van der Waals surface area contributed by atoms with E-state index in [9.17, 15) is 28.8 Å². The first-order valence-electron chi connectivity index (χ1n) is 11.1. The number of carbonyl (C=O) groups excluding carboxylic acids is 6. The number of ether oxygens (including phenoxy) is 6. The van der Waals surface area contributed by atoms with Crippen LogP contribution in [-0.4, -0.2) is 77.5 Å². The molecule has 0 aromatic carbocycles. The summed E-state index contributed by atoms with van der Waals surface area (Å²) < 4.78 is 29.7. The summed E-state index contributed by atoms with van der Waals surface area (Å²) in [6.45, 7) is 2.12. The molecule has 0 heterocycles. The highest BCUT2D eigenvalue weighted by Crippen LogP contribution is 2.39.